The first-order valence-electron chi connectivity index (χ1n) is 10.3. The van der Waals surface area contributed by atoms with E-state index < -0.39 is 0 Å². The fraction of sp³-hybridized carbons (Fsp3) is 0.391. The lowest BCUT2D eigenvalue weighted by Crippen LogP contribution is -2.39. The summed E-state index contributed by atoms with van der Waals surface area (Å²) < 4.78 is 11.9. The second kappa shape index (κ2) is 12.3. The third-order valence-electron chi connectivity index (χ3n) is 5.26. The normalized spacial score (nSPS) is 10.8. The number of hydrogen-bond donors (Lipinski definition) is 0. The van der Waals surface area contributed by atoms with E-state index in [1.165, 1.54) is 11.3 Å². The molecule has 0 unspecified atom stereocenters. The second-order valence-corrected chi connectivity index (χ2v) is 8.37. The van der Waals surface area contributed by atoms with E-state index in [9.17, 15) is 4.79 Å². The van der Waals surface area contributed by atoms with E-state index in [2.05, 4.69) is 18.7 Å². The Hall–Kier alpha value is -2.06. The summed E-state index contributed by atoms with van der Waals surface area (Å²) in [6.45, 7) is 7.37. The molecule has 1 amide bonds. The molecule has 2 aromatic carbocycles. The average molecular weight is 498 g/mol. The first-order chi connectivity index (χ1) is 15.0. The highest BCUT2D eigenvalue weighted by molar-refractivity contribution is 7.22. The molecule has 3 rings (SSSR count). The van der Waals surface area contributed by atoms with Gasteiger partial charge >= 0.3 is 0 Å². The number of anilines is 1. The number of carbonyl (C=O) groups excluding carboxylic acids is 1. The highest BCUT2D eigenvalue weighted by atomic mass is 35.5. The number of hydrogen-bond acceptors (Lipinski definition) is 6. The zero-order valence-corrected chi connectivity index (χ0v) is 21.1. The minimum atomic E-state index is -0.0442. The summed E-state index contributed by atoms with van der Waals surface area (Å²) in [7, 11) is 3.24. The Kier molecular flexibility index (Phi) is 10.0. The van der Waals surface area contributed by atoms with Gasteiger partial charge in [-0.1, -0.05) is 55.0 Å². The average Bonchev–Trinajstić information content (AvgIpc) is 3.22. The maximum absolute atomic E-state index is 13.4. The Labute approximate surface area is 204 Å². The summed E-state index contributed by atoms with van der Waals surface area (Å²) in [6, 6.07) is 11.1. The molecule has 0 N–H and O–H groups in total. The molecule has 3 aromatic rings. The zero-order chi connectivity index (χ0) is 22.4. The number of ether oxygens (including phenoxy) is 2. The van der Waals surface area contributed by atoms with Gasteiger partial charge in [0.2, 0.25) is 5.91 Å². The topological polar surface area (TPSA) is 54.9 Å². The first kappa shape index (κ1) is 26.2. The van der Waals surface area contributed by atoms with Gasteiger partial charge in [0.05, 0.1) is 20.6 Å². The van der Waals surface area contributed by atoms with Crippen molar-refractivity contribution in [1.29, 1.82) is 0 Å². The van der Waals surface area contributed by atoms with E-state index in [1.54, 1.807) is 25.2 Å². The number of halogens is 2. The number of thiazole rings is 1. The lowest BCUT2D eigenvalue weighted by molar-refractivity contribution is -0.118. The van der Waals surface area contributed by atoms with Crippen LogP contribution < -0.4 is 14.4 Å². The molecule has 6 nitrogen and oxygen atoms in total. The van der Waals surface area contributed by atoms with Crippen LogP contribution in [0.15, 0.2) is 36.4 Å². The third-order valence-corrected chi connectivity index (χ3v) is 6.73. The predicted molar refractivity (Wildman–Crippen MR) is 135 cm³/mol. The highest BCUT2D eigenvalue weighted by Gasteiger charge is 2.23. The Balaban J connectivity index is 0.00000363. The van der Waals surface area contributed by atoms with Crippen molar-refractivity contribution in [3.8, 4) is 11.5 Å². The van der Waals surface area contributed by atoms with Crippen molar-refractivity contribution in [3.05, 3.63) is 47.0 Å². The molecule has 0 saturated heterocycles. The largest absolute Gasteiger partial charge is 0.495 e. The number of fused-ring (bicyclic) bond motifs is 1. The maximum Gasteiger partial charge on any atom is 0.233 e. The smallest absolute Gasteiger partial charge is 0.233 e. The minimum absolute atomic E-state index is 0. The molecule has 32 heavy (non-hydrogen) atoms. The van der Waals surface area contributed by atoms with Crippen molar-refractivity contribution >= 4 is 56.6 Å². The van der Waals surface area contributed by atoms with Crippen LogP contribution in [0.1, 0.15) is 19.4 Å². The van der Waals surface area contributed by atoms with Crippen LogP contribution in [0.4, 0.5) is 5.13 Å². The van der Waals surface area contributed by atoms with Gasteiger partial charge in [-0.2, -0.15) is 0 Å². The monoisotopic (exact) mass is 497 g/mol. The van der Waals surface area contributed by atoms with Crippen molar-refractivity contribution < 1.29 is 14.3 Å². The van der Waals surface area contributed by atoms with Gasteiger partial charge in [-0.15, -0.1) is 12.4 Å². The van der Waals surface area contributed by atoms with E-state index in [0.717, 1.165) is 29.9 Å². The molecule has 0 aliphatic heterocycles. The number of nitrogens with zero attached hydrogens (tertiary/aromatic N) is 3. The Morgan fingerprint density at radius 2 is 1.69 bits per heavy atom. The van der Waals surface area contributed by atoms with Crippen molar-refractivity contribution in [2.75, 3.05) is 45.3 Å². The molecule has 9 heteroatoms. The fourth-order valence-electron chi connectivity index (χ4n) is 3.40. The highest BCUT2D eigenvalue weighted by Crippen LogP contribution is 2.40. The van der Waals surface area contributed by atoms with Crippen LogP contribution in [0.3, 0.4) is 0 Å². The van der Waals surface area contributed by atoms with Crippen LogP contribution >= 0.6 is 35.3 Å². The number of likely N-dealkylation sites (N-methyl/N-ethyl adjacent to an activating group) is 1. The summed E-state index contributed by atoms with van der Waals surface area (Å²) in [4.78, 5) is 22.2. The number of aromatic nitrogens is 1. The SMILES string of the molecule is CCN(CC)CCN(C(=O)Cc1ccccc1Cl)c1nc2c(OC)ccc(OC)c2s1.Cl. The molecule has 0 radical (unpaired) electrons. The number of amides is 1. The molecule has 0 fully saturated rings. The van der Waals surface area contributed by atoms with Crippen LogP contribution in [0, 0.1) is 0 Å². The van der Waals surface area contributed by atoms with E-state index in [0.29, 0.717) is 33.7 Å². The molecule has 0 bridgehead atoms. The van der Waals surface area contributed by atoms with E-state index >= 15 is 0 Å². The number of benzene rings is 2. The Morgan fingerprint density at radius 3 is 2.31 bits per heavy atom. The van der Waals surface area contributed by atoms with Crippen molar-refractivity contribution in [1.82, 2.24) is 9.88 Å². The Morgan fingerprint density at radius 1 is 1.03 bits per heavy atom. The van der Waals surface area contributed by atoms with Gasteiger partial charge in [0.15, 0.2) is 5.13 Å². The van der Waals surface area contributed by atoms with Crippen LogP contribution in [0.25, 0.3) is 10.2 Å². The van der Waals surface area contributed by atoms with E-state index in [-0.39, 0.29) is 24.7 Å². The summed E-state index contributed by atoms with van der Waals surface area (Å²) in [5.74, 6) is 1.32. The molecule has 1 aromatic heterocycles. The van der Waals surface area contributed by atoms with Crippen LogP contribution in [0.5, 0.6) is 11.5 Å². The van der Waals surface area contributed by atoms with Crippen LogP contribution in [0.2, 0.25) is 5.02 Å². The standard InChI is InChI=1S/C23H28ClN3O3S.ClH/c1-5-26(6-2)13-14-27(20(28)15-16-9-7-8-10-17(16)24)23-25-21-18(29-3)11-12-19(30-4)22(21)31-23;/h7-12H,5-6,13-15H2,1-4H3;1H. The third kappa shape index (κ3) is 5.84. The molecule has 0 saturated carbocycles. The van der Waals surface area contributed by atoms with Gasteiger partial charge in [0.1, 0.15) is 21.7 Å². The Bertz CT molecular complexity index is 999. The quantitative estimate of drug-likeness (QED) is 0.380. The second-order valence-electron chi connectivity index (χ2n) is 6.98. The van der Waals surface area contributed by atoms with Gasteiger partial charge in [-0.05, 0) is 36.9 Å². The lowest BCUT2D eigenvalue weighted by atomic mass is 10.1. The number of methoxy groups -OCH3 is 2. The molecule has 0 spiro atoms. The summed E-state index contributed by atoms with van der Waals surface area (Å²) in [5, 5.41) is 1.22. The molecule has 0 atom stereocenters. The maximum atomic E-state index is 13.4. The van der Waals surface area contributed by atoms with Crippen molar-refractivity contribution in [3.63, 3.8) is 0 Å². The summed E-state index contributed by atoms with van der Waals surface area (Å²) >= 11 is 7.74. The van der Waals surface area contributed by atoms with Gasteiger partial charge in [-0.25, -0.2) is 4.98 Å². The fourth-order valence-corrected chi connectivity index (χ4v) is 4.72. The van der Waals surface area contributed by atoms with Crippen molar-refractivity contribution in [2.45, 2.75) is 20.3 Å². The molecule has 0 aliphatic carbocycles. The van der Waals surface area contributed by atoms with Crippen molar-refractivity contribution in [2.24, 2.45) is 0 Å². The van der Waals surface area contributed by atoms with Gasteiger partial charge in [0, 0.05) is 18.1 Å². The summed E-state index contributed by atoms with van der Waals surface area (Å²) in [6.07, 6.45) is 0.210. The van der Waals surface area contributed by atoms with Gasteiger partial charge in [-0.3, -0.25) is 9.69 Å². The summed E-state index contributed by atoms with van der Waals surface area (Å²) in [5.41, 5.74) is 1.50. The molecular formula is C23H29Cl2N3O3S. The number of rotatable bonds is 10. The van der Waals surface area contributed by atoms with E-state index in [4.69, 9.17) is 26.1 Å². The minimum Gasteiger partial charge on any atom is -0.495 e. The molecule has 174 valence electrons. The first-order valence-corrected chi connectivity index (χ1v) is 11.5. The number of carbonyl (C=O) groups is 1. The van der Waals surface area contributed by atoms with Crippen LogP contribution in [-0.2, 0) is 11.2 Å². The van der Waals surface area contributed by atoms with Crippen LogP contribution in [-0.4, -0.2) is 56.2 Å². The molecule has 1 heterocycles. The van der Waals surface area contributed by atoms with Gasteiger partial charge in [0.25, 0.3) is 0 Å². The van der Waals surface area contributed by atoms with E-state index in [1.807, 2.05) is 30.3 Å². The zero-order valence-electron chi connectivity index (χ0n) is 18.8. The lowest BCUT2D eigenvalue weighted by Gasteiger charge is -2.25. The van der Waals surface area contributed by atoms with Gasteiger partial charge < -0.3 is 14.4 Å². The predicted octanol–water partition coefficient (Wildman–Crippen LogP) is 5.31. The molecular weight excluding hydrogens is 469 g/mol. The molecule has 0 aliphatic rings.